The topological polar surface area (TPSA) is 49.0 Å². The Morgan fingerprint density at radius 2 is 1.95 bits per heavy atom. The van der Waals surface area contributed by atoms with E-state index in [1.807, 2.05) is 19.2 Å². The lowest BCUT2D eigenvalue weighted by Gasteiger charge is -2.30. The Balaban J connectivity index is 1.82. The van der Waals surface area contributed by atoms with Crippen molar-refractivity contribution in [3.05, 3.63) is 23.8 Å². The van der Waals surface area contributed by atoms with Crippen LogP contribution in [0.5, 0.6) is 11.5 Å². The monoisotopic (exact) mass is 279 g/mol. The largest absolute Gasteiger partial charge is 0.490 e. The maximum absolute atomic E-state index is 5.79. The van der Waals surface area contributed by atoms with Gasteiger partial charge in [-0.15, -0.1) is 0 Å². The first-order chi connectivity index (χ1) is 9.88. The van der Waals surface area contributed by atoms with E-state index in [9.17, 15) is 0 Å². The Morgan fingerprint density at radius 1 is 1.10 bits per heavy atom. The van der Waals surface area contributed by atoms with Crippen molar-refractivity contribution in [2.75, 3.05) is 40.1 Å². The number of nitrogens with one attached hydrogen (secondary N) is 1. The van der Waals surface area contributed by atoms with Gasteiger partial charge in [-0.1, -0.05) is 6.07 Å². The summed E-state index contributed by atoms with van der Waals surface area (Å²) in [6.07, 6.45) is 0.942. The van der Waals surface area contributed by atoms with Crippen LogP contribution in [0, 0.1) is 0 Å². The van der Waals surface area contributed by atoms with Crippen molar-refractivity contribution in [2.45, 2.75) is 18.6 Å². The van der Waals surface area contributed by atoms with E-state index in [1.54, 1.807) is 0 Å². The van der Waals surface area contributed by atoms with Gasteiger partial charge in [-0.05, 0) is 24.7 Å². The SMILES string of the molecule is CNC(c1ccc2c(c1)OCCCO2)C1COCCO1. The third-order valence-corrected chi connectivity index (χ3v) is 3.66. The van der Waals surface area contributed by atoms with Crippen LogP contribution in [0.15, 0.2) is 18.2 Å². The van der Waals surface area contributed by atoms with Crippen molar-refractivity contribution in [3.8, 4) is 11.5 Å². The second-order valence-electron chi connectivity index (χ2n) is 5.01. The molecule has 5 heteroatoms. The van der Waals surface area contributed by atoms with E-state index in [-0.39, 0.29) is 12.1 Å². The number of fused-ring (bicyclic) bond motifs is 1. The number of benzene rings is 1. The number of likely N-dealkylation sites (N-methyl/N-ethyl adjacent to an activating group) is 1. The minimum Gasteiger partial charge on any atom is -0.490 e. The fourth-order valence-corrected chi connectivity index (χ4v) is 2.64. The molecule has 2 heterocycles. The summed E-state index contributed by atoms with van der Waals surface area (Å²) in [5.74, 6) is 1.64. The van der Waals surface area contributed by atoms with Crippen molar-refractivity contribution in [1.82, 2.24) is 5.32 Å². The van der Waals surface area contributed by atoms with Crippen molar-refractivity contribution in [2.24, 2.45) is 0 Å². The first-order valence-electron chi connectivity index (χ1n) is 7.14. The zero-order valence-electron chi connectivity index (χ0n) is 11.8. The fraction of sp³-hybridized carbons (Fsp3) is 0.600. The number of hydrogen-bond acceptors (Lipinski definition) is 5. The van der Waals surface area contributed by atoms with Crippen molar-refractivity contribution in [3.63, 3.8) is 0 Å². The second kappa shape index (κ2) is 6.43. The van der Waals surface area contributed by atoms with Gasteiger partial charge in [0, 0.05) is 6.42 Å². The Hall–Kier alpha value is -1.30. The van der Waals surface area contributed by atoms with Crippen LogP contribution >= 0.6 is 0 Å². The third kappa shape index (κ3) is 2.90. The summed E-state index contributed by atoms with van der Waals surface area (Å²) >= 11 is 0. The second-order valence-corrected chi connectivity index (χ2v) is 5.01. The minimum absolute atomic E-state index is 0.0264. The molecule has 0 bridgehead atoms. The highest BCUT2D eigenvalue weighted by atomic mass is 16.6. The molecule has 0 aromatic heterocycles. The minimum atomic E-state index is 0.0264. The molecule has 5 nitrogen and oxygen atoms in total. The quantitative estimate of drug-likeness (QED) is 0.909. The maximum Gasteiger partial charge on any atom is 0.161 e. The normalized spacial score (nSPS) is 23.9. The predicted molar refractivity (Wildman–Crippen MR) is 74.4 cm³/mol. The van der Waals surface area contributed by atoms with Gasteiger partial charge in [-0.3, -0.25) is 0 Å². The standard InChI is InChI=1S/C15H21NO4/c1-16-15(14-10-17-7-8-20-14)11-3-4-12-13(9-11)19-6-2-5-18-12/h3-4,9,14-16H,2,5-8,10H2,1H3. The van der Waals surface area contributed by atoms with E-state index in [2.05, 4.69) is 11.4 Å². The van der Waals surface area contributed by atoms with Crippen molar-refractivity contribution >= 4 is 0 Å². The van der Waals surface area contributed by atoms with E-state index in [4.69, 9.17) is 18.9 Å². The molecule has 2 unspecified atom stereocenters. The molecule has 20 heavy (non-hydrogen) atoms. The third-order valence-electron chi connectivity index (χ3n) is 3.66. The van der Waals surface area contributed by atoms with E-state index < -0.39 is 0 Å². The molecule has 1 saturated heterocycles. The highest BCUT2D eigenvalue weighted by Crippen LogP contribution is 2.33. The first kappa shape index (κ1) is 13.7. The summed E-state index contributed by atoms with van der Waals surface area (Å²) in [7, 11) is 1.94. The summed E-state index contributed by atoms with van der Waals surface area (Å²) in [5, 5.41) is 3.31. The van der Waals surface area contributed by atoms with E-state index in [1.165, 1.54) is 0 Å². The molecule has 2 aliphatic heterocycles. The fourth-order valence-electron chi connectivity index (χ4n) is 2.64. The molecule has 0 amide bonds. The van der Waals surface area contributed by atoms with Crippen LogP contribution in [-0.4, -0.2) is 46.2 Å². The smallest absolute Gasteiger partial charge is 0.161 e. The molecule has 1 aromatic carbocycles. The number of ether oxygens (including phenoxy) is 4. The molecule has 110 valence electrons. The zero-order chi connectivity index (χ0) is 13.8. The highest BCUT2D eigenvalue weighted by Gasteiger charge is 2.26. The molecular weight excluding hydrogens is 258 g/mol. The average Bonchev–Trinajstić information content (AvgIpc) is 2.74. The van der Waals surface area contributed by atoms with Gasteiger partial charge in [0.2, 0.25) is 0 Å². The van der Waals surface area contributed by atoms with Gasteiger partial charge < -0.3 is 24.3 Å². The molecule has 1 N–H and O–H groups in total. The van der Waals surface area contributed by atoms with Crippen LogP contribution in [0.2, 0.25) is 0 Å². The molecule has 0 spiro atoms. The summed E-state index contributed by atoms with van der Waals surface area (Å²) < 4.78 is 22.7. The molecule has 2 aliphatic rings. The summed E-state index contributed by atoms with van der Waals surface area (Å²) in [4.78, 5) is 0. The number of rotatable bonds is 3. The molecule has 0 radical (unpaired) electrons. The van der Waals surface area contributed by atoms with Gasteiger partial charge in [-0.2, -0.15) is 0 Å². The molecular formula is C15H21NO4. The Labute approximate surface area is 119 Å². The van der Waals surface area contributed by atoms with Crippen LogP contribution in [0.4, 0.5) is 0 Å². The lowest BCUT2D eigenvalue weighted by atomic mass is 10.0. The van der Waals surface area contributed by atoms with Gasteiger partial charge in [0.15, 0.2) is 11.5 Å². The first-order valence-corrected chi connectivity index (χ1v) is 7.14. The van der Waals surface area contributed by atoms with Crippen LogP contribution in [0.3, 0.4) is 0 Å². The lowest BCUT2D eigenvalue weighted by Crippen LogP contribution is -2.39. The highest BCUT2D eigenvalue weighted by molar-refractivity contribution is 5.44. The zero-order valence-corrected chi connectivity index (χ0v) is 11.8. The van der Waals surface area contributed by atoms with Crippen LogP contribution < -0.4 is 14.8 Å². The number of hydrogen-bond donors (Lipinski definition) is 1. The Kier molecular flexibility index (Phi) is 4.40. The molecule has 1 aromatic rings. The molecule has 3 rings (SSSR count). The van der Waals surface area contributed by atoms with E-state index in [0.717, 1.165) is 23.5 Å². The predicted octanol–water partition coefficient (Wildman–Crippen LogP) is 1.52. The van der Waals surface area contributed by atoms with Crippen LogP contribution in [0.1, 0.15) is 18.0 Å². The van der Waals surface area contributed by atoms with Gasteiger partial charge in [0.1, 0.15) is 6.10 Å². The van der Waals surface area contributed by atoms with Gasteiger partial charge in [-0.25, -0.2) is 0 Å². The summed E-state index contributed by atoms with van der Waals surface area (Å²) in [6.45, 7) is 3.34. The lowest BCUT2D eigenvalue weighted by molar-refractivity contribution is -0.101. The van der Waals surface area contributed by atoms with Crippen LogP contribution in [0.25, 0.3) is 0 Å². The Morgan fingerprint density at radius 3 is 2.70 bits per heavy atom. The average molecular weight is 279 g/mol. The van der Waals surface area contributed by atoms with Gasteiger partial charge >= 0.3 is 0 Å². The van der Waals surface area contributed by atoms with E-state index >= 15 is 0 Å². The molecule has 2 atom stereocenters. The van der Waals surface area contributed by atoms with Crippen molar-refractivity contribution < 1.29 is 18.9 Å². The van der Waals surface area contributed by atoms with Crippen LogP contribution in [-0.2, 0) is 9.47 Å². The molecule has 1 fully saturated rings. The summed E-state index contributed by atoms with van der Waals surface area (Å²) in [5.41, 5.74) is 1.13. The molecule has 0 aliphatic carbocycles. The van der Waals surface area contributed by atoms with Gasteiger partial charge in [0.05, 0.1) is 39.1 Å². The van der Waals surface area contributed by atoms with E-state index in [0.29, 0.717) is 33.0 Å². The molecule has 0 saturated carbocycles. The van der Waals surface area contributed by atoms with Crippen molar-refractivity contribution in [1.29, 1.82) is 0 Å². The Bertz CT molecular complexity index is 445. The summed E-state index contributed by atoms with van der Waals surface area (Å²) in [6, 6.07) is 6.17. The van der Waals surface area contributed by atoms with Gasteiger partial charge in [0.25, 0.3) is 0 Å². The maximum atomic E-state index is 5.79.